The van der Waals surface area contributed by atoms with Crippen LogP contribution in [0.15, 0.2) is 24.3 Å². The number of carbonyl (C=O) groups excluding carboxylic acids is 1. The van der Waals surface area contributed by atoms with Crippen LogP contribution in [0.5, 0.6) is 0 Å². The fraction of sp³-hybridized carbons (Fsp3) is 0.462. The molecule has 1 aliphatic heterocycles. The van der Waals surface area contributed by atoms with Crippen LogP contribution in [-0.2, 0) is 11.2 Å². The predicted octanol–water partition coefficient (Wildman–Crippen LogP) is 1.74. The van der Waals surface area contributed by atoms with Crippen molar-refractivity contribution >= 4 is 20.5 Å². The van der Waals surface area contributed by atoms with Crippen molar-refractivity contribution in [3.63, 3.8) is 0 Å². The van der Waals surface area contributed by atoms with E-state index in [9.17, 15) is 4.79 Å². The molecule has 1 aromatic carbocycles. The highest BCUT2D eigenvalue weighted by Crippen LogP contribution is 2.11. The molecule has 0 saturated carbocycles. The number of benzene rings is 1. The standard InChI is InChI=1S/C13H18NOP/c15-13(14-9-1-2-10-14)8-5-11-3-6-12(16)7-4-11/h3-4,6-7H,1-2,5,8-10,16H2. The van der Waals surface area contributed by atoms with Crippen molar-refractivity contribution in [3.05, 3.63) is 29.8 Å². The van der Waals surface area contributed by atoms with Crippen molar-refractivity contribution in [2.24, 2.45) is 0 Å². The van der Waals surface area contributed by atoms with Gasteiger partial charge >= 0.3 is 0 Å². The zero-order valence-electron chi connectivity index (χ0n) is 9.48. The highest BCUT2D eigenvalue weighted by atomic mass is 31.0. The Bertz CT molecular complexity index is 355. The molecule has 2 nitrogen and oxygen atoms in total. The molecule has 86 valence electrons. The molecule has 0 aliphatic carbocycles. The van der Waals surface area contributed by atoms with Gasteiger partial charge in [-0.15, -0.1) is 9.24 Å². The van der Waals surface area contributed by atoms with E-state index in [4.69, 9.17) is 0 Å². The third-order valence-electron chi connectivity index (χ3n) is 3.07. The van der Waals surface area contributed by atoms with Crippen LogP contribution >= 0.6 is 9.24 Å². The van der Waals surface area contributed by atoms with Crippen molar-refractivity contribution in [2.75, 3.05) is 13.1 Å². The van der Waals surface area contributed by atoms with E-state index in [2.05, 4.69) is 33.5 Å². The van der Waals surface area contributed by atoms with Crippen molar-refractivity contribution < 1.29 is 4.79 Å². The normalized spacial score (nSPS) is 15.4. The van der Waals surface area contributed by atoms with Gasteiger partial charge in [-0.2, -0.15) is 0 Å². The molecule has 2 rings (SSSR count). The second-order valence-corrected chi connectivity index (χ2v) is 5.00. The number of rotatable bonds is 3. The summed E-state index contributed by atoms with van der Waals surface area (Å²) in [6.45, 7) is 1.92. The van der Waals surface area contributed by atoms with Crippen molar-refractivity contribution in [1.82, 2.24) is 4.90 Å². The van der Waals surface area contributed by atoms with Gasteiger partial charge in [0, 0.05) is 19.5 Å². The monoisotopic (exact) mass is 235 g/mol. The number of hydrogen-bond acceptors (Lipinski definition) is 1. The molecule has 0 aromatic heterocycles. The summed E-state index contributed by atoms with van der Waals surface area (Å²) in [5.41, 5.74) is 1.25. The summed E-state index contributed by atoms with van der Waals surface area (Å²) in [6, 6.07) is 8.33. The summed E-state index contributed by atoms with van der Waals surface area (Å²) in [7, 11) is 2.67. The average molecular weight is 235 g/mol. The molecule has 1 atom stereocenters. The molecule has 0 spiro atoms. The molecule has 1 unspecified atom stereocenters. The lowest BCUT2D eigenvalue weighted by atomic mass is 10.1. The molecular weight excluding hydrogens is 217 g/mol. The number of hydrogen-bond donors (Lipinski definition) is 0. The number of likely N-dealkylation sites (tertiary alicyclic amines) is 1. The van der Waals surface area contributed by atoms with Crippen molar-refractivity contribution in [1.29, 1.82) is 0 Å². The number of nitrogens with zero attached hydrogens (tertiary/aromatic N) is 1. The molecule has 1 amide bonds. The first kappa shape index (κ1) is 11.6. The van der Waals surface area contributed by atoms with Crippen LogP contribution in [0.2, 0.25) is 0 Å². The zero-order chi connectivity index (χ0) is 11.4. The van der Waals surface area contributed by atoms with Gasteiger partial charge in [0.2, 0.25) is 5.91 Å². The topological polar surface area (TPSA) is 20.3 Å². The minimum absolute atomic E-state index is 0.312. The molecule has 3 heteroatoms. The van der Waals surface area contributed by atoms with Crippen LogP contribution in [0.25, 0.3) is 0 Å². The summed E-state index contributed by atoms with van der Waals surface area (Å²) < 4.78 is 0. The Balaban J connectivity index is 1.82. The fourth-order valence-corrected chi connectivity index (χ4v) is 2.25. The van der Waals surface area contributed by atoms with Gasteiger partial charge in [-0.25, -0.2) is 0 Å². The van der Waals surface area contributed by atoms with E-state index in [1.54, 1.807) is 0 Å². The Morgan fingerprint density at radius 1 is 1.19 bits per heavy atom. The van der Waals surface area contributed by atoms with E-state index in [0.717, 1.165) is 19.5 Å². The SMILES string of the molecule is O=C(CCc1ccc(P)cc1)N1CCCC1. The second kappa shape index (κ2) is 5.45. The quantitative estimate of drug-likeness (QED) is 0.731. The summed E-state index contributed by atoms with van der Waals surface area (Å²) >= 11 is 0. The Morgan fingerprint density at radius 2 is 1.81 bits per heavy atom. The lowest BCUT2D eigenvalue weighted by Crippen LogP contribution is -2.27. The maximum atomic E-state index is 11.8. The van der Waals surface area contributed by atoms with Gasteiger partial charge in [-0.05, 0) is 30.1 Å². The zero-order valence-corrected chi connectivity index (χ0v) is 10.6. The Hall–Kier alpha value is -0.880. The average Bonchev–Trinajstić information content (AvgIpc) is 2.81. The van der Waals surface area contributed by atoms with Crippen LogP contribution in [0.4, 0.5) is 0 Å². The first-order valence-electron chi connectivity index (χ1n) is 5.88. The van der Waals surface area contributed by atoms with Gasteiger partial charge in [0.05, 0.1) is 0 Å². The molecule has 1 aliphatic rings. The smallest absolute Gasteiger partial charge is 0.222 e. The Kier molecular flexibility index (Phi) is 3.95. The number of aryl methyl sites for hydroxylation is 1. The van der Waals surface area contributed by atoms with E-state index in [-0.39, 0.29) is 0 Å². The molecule has 0 bridgehead atoms. The molecule has 0 N–H and O–H groups in total. The minimum atomic E-state index is 0.312. The summed E-state index contributed by atoms with van der Waals surface area (Å²) in [5, 5.41) is 1.19. The third kappa shape index (κ3) is 3.05. The lowest BCUT2D eigenvalue weighted by Gasteiger charge is -2.14. The van der Waals surface area contributed by atoms with Crippen molar-refractivity contribution in [3.8, 4) is 0 Å². The molecule has 1 saturated heterocycles. The lowest BCUT2D eigenvalue weighted by molar-refractivity contribution is -0.130. The maximum Gasteiger partial charge on any atom is 0.222 e. The van der Waals surface area contributed by atoms with Gasteiger partial charge in [-0.1, -0.05) is 24.3 Å². The highest BCUT2D eigenvalue weighted by Gasteiger charge is 2.16. The van der Waals surface area contributed by atoms with E-state index in [1.165, 1.54) is 23.7 Å². The van der Waals surface area contributed by atoms with Crippen LogP contribution in [0.3, 0.4) is 0 Å². The first-order valence-corrected chi connectivity index (χ1v) is 6.45. The molecule has 0 radical (unpaired) electrons. The maximum absolute atomic E-state index is 11.8. The molecule has 1 aromatic rings. The second-order valence-electron chi connectivity index (χ2n) is 4.33. The molecule has 16 heavy (non-hydrogen) atoms. The van der Waals surface area contributed by atoms with Gasteiger partial charge in [0.1, 0.15) is 0 Å². The van der Waals surface area contributed by atoms with Crippen molar-refractivity contribution in [2.45, 2.75) is 25.7 Å². The number of amides is 1. The number of carbonyl (C=O) groups is 1. The predicted molar refractivity (Wildman–Crippen MR) is 69.9 cm³/mol. The fourth-order valence-electron chi connectivity index (χ4n) is 2.06. The van der Waals surface area contributed by atoms with Crippen LogP contribution < -0.4 is 5.30 Å². The minimum Gasteiger partial charge on any atom is -0.343 e. The summed E-state index contributed by atoms with van der Waals surface area (Å²) in [4.78, 5) is 13.8. The Morgan fingerprint density at radius 3 is 2.44 bits per heavy atom. The van der Waals surface area contributed by atoms with Gasteiger partial charge in [0.15, 0.2) is 0 Å². The van der Waals surface area contributed by atoms with E-state index in [0.29, 0.717) is 12.3 Å². The largest absolute Gasteiger partial charge is 0.343 e. The van der Waals surface area contributed by atoms with Gasteiger partial charge in [-0.3, -0.25) is 4.79 Å². The van der Waals surface area contributed by atoms with Gasteiger partial charge in [0.25, 0.3) is 0 Å². The third-order valence-corrected chi connectivity index (χ3v) is 3.45. The molecular formula is C13H18NOP. The molecule has 1 fully saturated rings. The van der Waals surface area contributed by atoms with Crippen LogP contribution in [0, 0.1) is 0 Å². The molecule has 1 heterocycles. The van der Waals surface area contributed by atoms with E-state index in [1.807, 2.05) is 4.90 Å². The first-order chi connectivity index (χ1) is 7.75. The van der Waals surface area contributed by atoms with E-state index < -0.39 is 0 Å². The van der Waals surface area contributed by atoms with E-state index >= 15 is 0 Å². The highest BCUT2D eigenvalue weighted by molar-refractivity contribution is 7.27. The van der Waals surface area contributed by atoms with Crippen LogP contribution in [0.1, 0.15) is 24.8 Å². The Labute approximate surface area is 99.2 Å². The summed E-state index contributed by atoms with van der Waals surface area (Å²) in [6.07, 6.45) is 3.86. The summed E-state index contributed by atoms with van der Waals surface area (Å²) in [5.74, 6) is 0.312. The van der Waals surface area contributed by atoms with Crippen LogP contribution in [-0.4, -0.2) is 23.9 Å². The van der Waals surface area contributed by atoms with Gasteiger partial charge < -0.3 is 4.90 Å².